The zero-order valence-corrected chi connectivity index (χ0v) is 11.3. The van der Waals surface area contributed by atoms with Crippen LogP contribution in [0.3, 0.4) is 0 Å². The number of allylic oxidation sites excluding steroid dienone is 2. The Morgan fingerprint density at radius 1 is 1.16 bits per heavy atom. The number of halogens is 1. The summed E-state index contributed by atoms with van der Waals surface area (Å²) < 4.78 is 10.3. The van der Waals surface area contributed by atoms with Crippen molar-refractivity contribution < 1.29 is 14.3 Å². The van der Waals surface area contributed by atoms with E-state index in [1.54, 1.807) is 43.7 Å². The summed E-state index contributed by atoms with van der Waals surface area (Å²) in [5.74, 6) is 0.988. The van der Waals surface area contributed by atoms with E-state index < -0.39 is 0 Å². The molecule has 0 aliphatic carbocycles. The number of dihydropyridines is 1. The quantitative estimate of drug-likeness (QED) is 0.679. The molecule has 0 bridgehead atoms. The van der Waals surface area contributed by atoms with Crippen LogP contribution in [-0.4, -0.2) is 20.0 Å². The van der Waals surface area contributed by atoms with E-state index in [2.05, 4.69) is 5.32 Å². The zero-order chi connectivity index (χ0) is 13.8. The second-order valence-electron chi connectivity index (χ2n) is 3.82. The summed E-state index contributed by atoms with van der Waals surface area (Å²) in [4.78, 5) is 12.3. The number of hydrogen-bond acceptors (Lipinski definition) is 4. The van der Waals surface area contributed by atoms with Gasteiger partial charge >= 0.3 is 0 Å². The van der Waals surface area contributed by atoms with Crippen LogP contribution in [0.4, 0.5) is 0 Å². The molecule has 0 spiro atoms. The van der Waals surface area contributed by atoms with Crippen molar-refractivity contribution in [2.45, 2.75) is 0 Å². The van der Waals surface area contributed by atoms with Crippen LogP contribution in [0, 0.1) is 5.50 Å². The number of benzene rings is 1. The number of ether oxygens (including phenoxy) is 2. The first kappa shape index (κ1) is 13.5. The van der Waals surface area contributed by atoms with Gasteiger partial charge in [0.2, 0.25) is 0 Å². The van der Waals surface area contributed by atoms with Crippen LogP contribution in [0.15, 0.2) is 42.1 Å². The van der Waals surface area contributed by atoms with Gasteiger partial charge in [0.05, 0.1) is 14.2 Å². The number of carbonyl (C=O) groups excluding carboxylic acids is 1. The van der Waals surface area contributed by atoms with Crippen LogP contribution in [0.1, 0.15) is 10.4 Å². The highest BCUT2D eigenvalue weighted by Crippen LogP contribution is 2.29. The lowest BCUT2D eigenvalue weighted by molar-refractivity contribution is 0.103. The number of methoxy groups -OCH3 is 2. The van der Waals surface area contributed by atoms with E-state index in [0.29, 0.717) is 28.1 Å². The van der Waals surface area contributed by atoms with E-state index in [1.807, 2.05) is 0 Å². The van der Waals surface area contributed by atoms with Gasteiger partial charge in [0.15, 0.2) is 22.8 Å². The average Bonchev–Trinajstić information content (AvgIpc) is 2.46. The summed E-state index contributed by atoms with van der Waals surface area (Å²) in [5.41, 5.74) is 1.52. The molecule has 1 radical (unpaired) electrons. The average molecular weight is 279 g/mol. The number of nitrogens with one attached hydrogen (secondary N) is 1. The largest absolute Gasteiger partial charge is 0.493 e. The van der Waals surface area contributed by atoms with Crippen molar-refractivity contribution in [1.82, 2.24) is 5.32 Å². The van der Waals surface area contributed by atoms with E-state index in [9.17, 15) is 4.79 Å². The molecule has 0 aromatic heterocycles. The van der Waals surface area contributed by atoms with Crippen molar-refractivity contribution in [1.29, 1.82) is 0 Å². The summed E-state index contributed by atoms with van der Waals surface area (Å²) in [6.45, 7) is 0. The van der Waals surface area contributed by atoms with Gasteiger partial charge in [0.25, 0.3) is 0 Å². The molecule has 4 nitrogen and oxygen atoms in total. The molecule has 5 heteroatoms. The van der Waals surface area contributed by atoms with E-state index in [0.717, 1.165) is 0 Å². The summed E-state index contributed by atoms with van der Waals surface area (Å²) in [6, 6.07) is 5.04. The Kier molecular flexibility index (Phi) is 4.12. The van der Waals surface area contributed by atoms with Gasteiger partial charge in [-0.2, -0.15) is 0 Å². The lowest BCUT2D eigenvalue weighted by Gasteiger charge is -2.12. The SMILES string of the molecule is COc1ccc(C(=O)C2=CN[C](Cl)C=C2)cc1OC. The first-order chi connectivity index (χ1) is 9.15. The standard InChI is InChI=1S/C14H13ClNO3/c1-18-11-5-3-9(7-12(11)19-2)14(17)10-4-6-13(15)16-8-10/h3-8,16H,1-2H3. The minimum Gasteiger partial charge on any atom is -0.493 e. The molecule has 1 aliphatic heterocycles. The van der Waals surface area contributed by atoms with Crippen LogP contribution in [-0.2, 0) is 0 Å². The molecule has 0 unspecified atom stereocenters. The Morgan fingerprint density at radius 3 is 2.47 bits per heavy atom. The third kappa shape index (κ3) is 2.90. The predicted octanol–water partition coefficient (Wildman–Crippen LogP) is 2.66. The second-order valence-corrected chi connectivity index (χ2v) is 4.23. The smallest absolute Gasteiger partial charge is 0.194 e. The molecule has 0 amide bonds. The highest BCUT2D eigenvalue weighted by atomic mass is 35.5. The van der Waals surface area contributed by atoms with Gasteiger partial charge in [-0.3, -0.25) is 4.79 Å². The van der Waals surface area contributed by atoms with Crippen molar-refractivity contribution in [2.75, 3.05) is 14.2 Å². The minimum absolute atomic E-state index is 0.117. The molecule has 0 saturated heterocycles. The van der Waals surface area contributed by atoms with E-state index >= 15 is 0 Å². The third-order valence-electron chi connectivity index (χ3n) is 2.68. The van der Waals surface area contributed by atoms with Crippen molar-refractivity contribution in [3.05, 3.63) is 53.2 Å². The van der Waals surface area contributed by atoms with Crippen LogP contribution in [0.2, 0.25) is 0 Å². The third-order valence-corrected chi connectivity index (χ3v) is 2.92. The van der Waals surface area contributed by atoms with Crippen LogP contribution in [0.5, 0.6) is 11.5 Å². The summed E-state index contributed by atoms with van der Waals surface area (Å²) in [6.07, 6.45) is 4.87. The Labute approximate surface area is 116 Å². The fourth-order valence-corrected chi connectivity index (χ4v) is 1.81. The molecule has 0 fully saturated rings. The first-order valence-corrected chi connectivity index (χ1v) is 5.97. The summed E-state index contributed by atoms with van der Waals surface area (Å²) in [7, 11) is 3.08. The topological polar surface area (TPSA) is 47.6 Å². The highest BCUT2D eigenvalue weighted by Gasteiger charge is 2.16. The van der Waals surface area contributed by atoms with E-state index in [1.165, 1.54) is 7.11 Å². The molecular weight excluding hydrogens is 266 g/mol. The number of rotatable bonds is 4. The maximum atomic E-state index is 12.3. The van der Waals surface area contributed by atoms with Crippen LogP contribution in [0.25, 0.3) is 0 Å². The molecule has 0 saturated carbocycles. The number of carbonyl (C=O) groups is 1. The van der Waals surface area contributed by atoms with E-state index in [-0.39, 0.29) is 5.78 Å². The fraction of sp³-hybridized carbons (Fsp3) is 0.143. The maximum Gasteiger partial charge on any atom is 0.194 e. The van der Waals surface area contributed by atoms with Gasteiger partial charge < -0.3 is 14.8 Å². The molecular formula is C14H13ClNO3. The van der Waals surface area contributed by atoms with Crippen molar-refractivity contribution in [3.8, 4) is 11.5 Å². The van der Waals surface area contributed by atoms with Crippen LogP contribution < -0.4 is 14.8 Å². The normalized spacial score (nSPS) is 14.6. The van der Waals surface area contributed by atoms with Crippen LogP contribution >= 0.6 is 11.6 Å². The number of Topliss-reactive ketones (excluding diaryl/α,β-unsaturated/α-hetero) is 1. The van der Waals surface area contributed by atoms with Gasteiger partial charge in [-0.15, -0.1) is 0 Å². The first-order valence-electron chi connectivity index (χ1n) is 5.59. The Balaban J connectivity index is 2.27. The van der Waals surface area contributed by atoms with Gasteiger partial charge in [0.1, 0.15) is 0 Å². The number of ketones is 1. The fourth-order valence-electron chi connectivity index (χ4n) is 1.69. The Morgan fingerprint density at radius 2 is 1.89 bits per heavy atom. The molecule has 1 aromatic carbocycles. The molecule has 1 aromatic rings. The molecule has 99 valence electrons. The lowest BCUT2D eigenvalue weighted by Crippen LogP contribution is -2.15. The number of hydrogen-bond donors (Lipinski definition) is 1. The molecule has 2 rings (SSSR count). The van der Waals surface area contributed by atoms with Crippen molar-refractivity contribution in [3.63, 3.8) is 0 Å². The van der Waals surface area contributed by atoms with E-state index in [4.69, 9.17) is 21.1 Å². The van der Waals surface area contributed by atoms with Gasteiger partial charge in [-0.05, 0) is 30.4 Å². The van der Waals surface area contributed by atoms with Gasteiger partial charge in [-0.25, -0.2) is 0 Å². The highest BCUT2D eigenvalue weighted by molar-refractivity contribution is 6.28. The summed E-state index contributed by atoms with van der Waals surface area (Å²) >= 11 is 5.75. The van der Waals surface area contributed by atoms with Gasteiger partial charge in [-0.1, -0.05) is 11.6 Å². The molecule has 19 heavy (non-hydrogen) atoms. The monoisotopic (exact) mass is 278 g/mol. The Bertz CT molecular complexity index is 552. The summed E-state index contributed by atoms with van der Waals surface area (Å²) in [5, 5.41) is 2.79. The van der Waals surface area contributed by atoms with Crippen molar-refractivity contribution >= 4 is 17.4 Å². The molecule has 1 N–H and O–H groups in total. The minimum atomic E-state index is -0.117. The lowest BCUT2D eigenvalue weighted by atomic mass is 10.0. The predicted molar refractivity (Wildman–Crippen MR) is 73.3 cm³/mol. The Hall–Kier alpha value is -1.94. The zero-order valence-electron chi connectivity index (χ0n) is 10.6. The van der Waals surface area contributed by atoms with Crippen molar-refractivity contribution in [2.24, 2.45) is 0 Å². The molecule has 0 atom stereocenters. The second kappa shape index (κ2) is 5.80. The maximum absolute atomic E-state index is 12.3. The van der Waals surface area contributed by atoms with Gasteiger partial charge in [0, 0.05) is 17.3 Å². The molecule has 1 heterocycles. The molecule has 1 aliphatic rings.